The predicted octanol–water partition coefficient (Wildman–Crippen LogP) is 1.80. The Hall–Kier alpha value is -0.220. The molecule has 94 valence electrons. The molecule has 1 rings (SSSR count). The maximum atomic E-state index is 11.4. The van der Waals surface area contributed by atoms with Gasteiger partial charge in [0.2, 0.25) is 5.91 Å². The summed E-state index contributed by atoms with van der Waals surface area (Å²) in [5.41, 5.74) is -0.660. The van der Waals surface area contributed by atoms with Crippen molar-refractivity contribution in [3.05, 3.63) is 0 Å². The van der Waals surface area contributed by atoms with E-state index in [0.29, 0.717) is 18.9 Å². The van der Waals surface area contributed by atoms with Crippen LogP contribution >= 0.6 is 11.8 Å². The lowest BCUT2D eigenvalue weighted by atomic mass is 9.79. The number of thioether (sulfide) groups is 1. The SMILES string of the molecule is CSCCC(=O)NCC1(O)CCCC(C)C1. The van der Waals surface area contributed by atoms with E-state index in [1.807, 2.05) is 6.26 Å². The molecule has 2 N–H and O–H groups in total. The van der Waals surface area contributed by atoms with Gasteiger partial charge in [-0.3, -0.25) is 4.79 Å². The first-order valence-electron chi connectivity index (χ1n) is 6.04. The fourth-order valence-corrected chi connectivity index (χ4v) is 2.73. The van der Waals surface area contributed by atoms with Gasteiger partial charge in [0.05, 0.1) is 5.60 Å². The largest absolute Gasteiger partial charge is 0.388 e. The number of rotatable bonds is 5. The molecule has 0 saturated heterocycles. The van der Waals surface area contributed by atoms with Crippen LogP contribution in [0.4, 0.5) is 0 Å². The number of carbonyl (C=O) groups is 1. The van der Waals surface area contributed by atoms with Crippen LogP contribution in [-0.4, -0.2) is 35.2 Å². The van der Waals surface area contributed by atoms with Gasteiger partial charge in [-0.05, 0) is 25.0 Å². The normalized spacial score (nSPS) is 30.1. The van der Waals surface area contributed by atoms with Crippen molar-refractivity contribution in [1.82, 2.24) is 5.32 Å². The summed E-state index contributed by atoms with van der Waals surface area (Å²) in [6.07, 6.45) is 6.44. The molecule has 0 radical (unpaired) electrons. The van der Waals surface area contributed by atoms with E-state index < -0.39 is 5.60 Å². The molecule has 0 bridgehead atoms. The quantitative estimate of drug-likeness (QED) is 0.776. The molecule has 1 amide bonds. The van der Waals surface area contributed by atoms with Gasteiger partial charge in [0.25, 0.3) is 0 Å². The highest BCUT2D eigenvalue weighted by Crippen LogP contribution is 2.31. The van der Waals surface area contributed by atoms with Gasteiger partial charge < -0.3 is 10.4 Å². The van der Waals surface area contributed by atoms with Crippen molar-refractivity contribution < 1.29 is 9.90 Å². The summed E-state index contributed by atoms with van der Waals surface area (Å²) in [4.78, 5) is 11.4. The van der Waals surface area contributed by atoms with Gasteiger partial charge >= 0.3 is 0 Å². The summed E-state index contributed by atoms with van der Waals surface area (Å²) in [6, 6.07) is 0. The highest BCUT2D eigenvalue weighted by atomic mass is 32.2. The van der Waals surface area contributed by atoms with E-state index in [4.69, 9.17) is 0 Å². The molecule has 2 atom stereocenters. The van der Waals surface area contributed by atoms with Gasteiger partial charge in [0.1, 0.15) is 0 Å². The van der Waals surface area contributed by atoms with Crippen molar-refractivity contribution in [1.29, 1.82) is 0 Å². The standard InChI is InChI=1S/C12H23NO2S/c1-10-4-3-6-12(15,8-10)9-13-11(14)5-7-16-2/h10,15H,3-9H2,1-2H3,(H,13,14). The number of amides is 1. The summed E-state index contributed by atoms with van der Waals surface area (Å²) >= 11 is 1.67. The Labute approximate surface area is 102 Å². The molecule has 16 heavy (non-hydrogen) atoms. The van der Waals surface area contributed by atoms with Gasteiger partial charge in [-0.1, -0.05) is 19.8 Å². The Morgan fingerprint density at radius 1 is 1.62 bits per heavy atom. The van der Waals surface area contributed by atoms with Crippen molar-refractivity contribution in [2.24, 2.45) is 5.92 Å². The predicted molar refractivity (Wildman–Crippen MR) is 68.6 cm³/mol. The van der Waals surface area contributed by atoms with Crippen LogP contribution in [0.2, 0.25) is 0 Å². The van der Waals surface area contributed by atoms with E-state index in [1.54, 1.807) is 11.8 Å². The maximum Gasteiger partial charge on any atom is 0.220 e. The number of hydrogen-bond acceptors (Lipinski definition) is 3. The molecule has 0 aromatic carbocycles. The highest BCUT2D eigenvalue weighted by Gasteiger charge is 2.32. The molecule has 2 unspecified atom stereocenters. The molecule has 0 aromatic heterocycles. The first-order valence-corrected chi connectivity index (χ1v) is 7.43. The van der Waals surface area contributed by atoms with Gasteiger partial charge in [-0.25, -0.2) is 0 Å². The smallest absolute Gasteiger partial charge is 0.220 e. The maximum absolute atomic E-state index is 11.4. The van der Waals surface area contributed by atoms with Gasteiger partial charge in [0, 0.05) is 18.7 Å². The minimum Gasteiger partial charge on any atom is -0.388 e. The summed E-state index contributed by atoms with van der Waals surface area (Å²) in [6.45, 7) is 2.59. The number of carbonyl (C=O) groups excluding carboxylic acids is 1. The minimum absolute atomic E-state index is 0.0565. The second-order valence-corrected chi connectivity index (χ2v) is 5.93. The van der Waals surface area contributed by atoms with E-state index in [1.165, 1.54) is 6.42 Å². The van der Waals surface area contributed by atoms with Crippen LogP contribution in [-0.2, 0) is 4.79 Å². The Balaban J connectivity index is 2.27. The van der Waals surface area contributed by atoms with Crippen LogP contribution in [0.3, 0.4) is 0 Å². The first-order chi connectivity index (χ1) is 7.56. The van der Waals surface area contributed by atoms with Crippen LogP contribution in [0.25, 0.3) is 0 Å². The van der Waals surface area contributed by atoms with Gasteiger partial charge in [-0.15, -0.1) is 0 Å². The van der Waals surface area contributed by atoms with Crippen molar-refractivity contribution in [2.75, 3.05) is 18.6 Å². The molecule has 1 aliphatic rings. The number of aliphatic hydroxyl groups is 1. The average Bonchev–Trinajstić information content (AvgIpc) is 2.23. The van der Waals surface area contributed by atoms with E-state index in [0.717, 1.165) is 25.0 Å². The topological polar surface area (TPSA) is 49.3 Å². The van der Waals surface area contributed by atoms with Gasteiger partial charge in [0.15, 0.2) is 0 Å². The third-order valence-corrected chi connectivity index (χ3v) is 3.83. The molecule has 3 nitrogen and oxygen atoms in total. The van der Waals surface area contributed by atoms with Crippen LogP contribution in [0, 0.1) is 5.92 Å². The van der Waals surface area contributed by atoms with E-state index in [2.05, 4.69) is 12.2 Å². The molecular formula is C12H23NO2S. The van der Waals surface area contributed by atoms with Crippen molar-refractivity contribution in [3.8, 4) is 0 Å². The lowest BCUT2D eigenvalue weighted by Crippen LogP contribution is -2.45. The Morgan fingerprint density at radius 3 is 3.00 bits per heavy atom. The molecule has 0 aliphatic heterocycles. The van der Waals surface area contributed by atoms with E-state index in [9.17, 15) is 9.90 Å². The van der Waals surface area contributed by atoms with Crippen LogP contribution in [0.5, 0.6) is 0 Å². The van der Waals surface area contributed by atoms with Gasteiger partial charge in [-0.2, -0.15) is 11.8 Å². The van der Waals surface area contributed by atoms with Crippen molar-refractivity contribution in [2.45, 2.75) is 44.6 Å². The van der Waals surface area contributed by atoms with E-state index >= 15 is 0 Å². The molecule has 4 heteroatoms. The third-order valence-electron chi connectivity index (χ3n) is 3.22. The van der Waals surface area contributed by atoms with Crippen LogP contribution < -0.4 is 5.32 Å². The number of nitrogens with one attached hydrogen (secondary N) is 1. The molecule has 1 saturated carbocycles. The first kappa shape index (κ1) is 13.8. The summed E-state index contributed by atoms with van der Waals surface area (Å²) < 4.78 is 0. The third kappa shape index (κ3) is 4.74. The monoisotopic (exact) mass is 245 g/mol. The fraction of sp³-hybridized carbons (Fsp3) is 0.917. The lowest BCUT2D eigenvalue weighted by Gasteiger charge is -2.35. The zero-order valence-electron chi connectivity index (χ0n) is 10.3. The minimum atomic E-state index is -0.660. The number of hydrogen-bond donors (Lipinski definition) is 2. The van der Waals surface area contributed by atoms with Crippen molar-refractivity contribution >= 4 is 17.7 Å². The molecule has 0 spiro atoms. The van der Waals surface area contributed by atoms with Crippen LogP contribution in [0.1, 0.15) is 39.0 Å². The molecule has 1 aliphatic carbocycles. The molecular weight excluding hydrogens is 222 g/mol. The Kier molecular flexibility index (Phi) is 5.62. The average molecular weight is 245 g/mol. The molecule has 0 heterocycles. The summed E-state index contributed by atoms with van der Waals surface area (Å²) in [7, 11) is 0. The molecule has 1 fully saturated rings. The van der Waals surface area contributed by atoms with E-state index in [-0.39, 0.29) is 5.91 Å². The Bertz CT molecular complexity index is 235. The summed E-state index contributed by atoms with van der Waals surface area (Å²) in [5.74, 6) is 1.48. The van der Waals surface area contributed by atoms with Crippen molar-refractivity contribution in [3.63, 3.8) is 0 Å². The van der Waals surface area contributed by atoms with Crippen LogP contribution in [0.15, 0.2) is 0 Å². The summed E-state index contributed by atoms with van der Waals surface area (Å²) in [5, 5.41) is 13.1. The zero-order valence-corrected chi connectivity index (χ0v) is 11.1. The second kappa shape index (κ2) is 6.50. The zero-order chi connectivity index (χ0) is 12.0. The Morgan fingerprint density at radius 2 is 2.38 bits per heavy atom. The second-order valence-electron chi connectivity index (χ2n) is 4.95. The molecule has 0 aromatic rings. The highest BCUT2D eigenvalue weighted by molar-refractivity contribution is 7.98. The lowest BCUT2D eigenvalue weighted by molar-refractivity contribution is -0.122. The fourth-order valence-electron chi connectivity index (χ4n) is 2.34.